The summed E-state index contributed by atoms with van der Waals surface area (Å²) < 4.78 is 31.3. The number of carbonyl (C=O) groups excluding carboxylic acids is 1. The molecule has 0 spiro atoms. The van der Waals surface area contributed by atoms with Crippen LogP contribution < -0.4 is 14.8 Å². The van der Waals surface area contributed by atoms with Crippen molar-refractivity contribution in [2.24, 2.45) is 0 Å². The molecule has 2 N–H and O–H groups in total. The molecule has 0 saturated heterocycles. The van der Waals surface area contributed by atoms with Gasteiger partial charge < -0.3 is 10.1 Å². The number of sulfonamides is 1. The topological polar surface area (TPSA) is 84.5 Å². The van der Waals surface area contributed by atoms with Crippen LogP contribution in [0.2, 0.25) is 0 Å². The van der Waals surface area contributed by atoms with Gasteiger partial charge in [-0.3, -0.25) is 4.79 Å². The second-order valence-corrected chi connectivity index (χ2v) is 5.56. The highest BCUT2D eigenvalue weighted by atomic mass is 32.2. The third-order valence-corrected chi connectivity index (χ3v) is 3.79. The summed E-state index contributed by atoms with van der Waals surface area (Å²) in [5.74, 6) is -0.121. The summed E-state index contributed by atoms with van der Waals surface area (Å²) >= 11 is 0. The van der Waals surface area contributed by atoms with Crippen LogP contribution in [-0.4, -0.2) is 34.5 Å². The molecule has 0 heterocycles. The van der Waals surface area contributed by atoms with Crippen molar-refractivity contribution < 1.29 is 17.9 Å². The predicted molar refractivity (Wildman–Crippen MR) is 71.5 cm³/mol. The Morgan fingerprint density at radius 1 is 1.32 bits per heavy atom. The summed E-state index contributed by atoms with van der Waals surface area (Å²) in [5, 5.41) is 2.59. The fourth-order valence-corrected chi connectivity index (χ4v) is 2.56. The highest BCUT2D eigenvalue weighted by molar-refractivity contribution is 7.89. The summed E-state index contributed by atoms with van der Waals surface area (Å²) in [6, 6.07) is 6.23. The van der Waals surface area contributed by atoms with Gasteiger partial charge in [-0.15, -0.1) is 0 Å². The SMILES string of the molecule is CCCNC(=O)CNS(=O)(=O)c1ccccc1OC. The number of hydrogen-bond donors (Lipinski definition) is 2. The van der Waals surface area contributed by atoms with Crippen LogP contribution in [0, 0.1) is 0 Å². The lowest BCUT2D eigenvalue weighted by molar-refractivity contribution is -0.119. The third kappa shape index (κ3) is 4.53. The zero-order valence-corrected chi connectivity index (χ0v) is 11.8. The summed E-state index contributed by atoms with van der Waals surface area (Å²) in [4.78, 5) is 11.4. The number of carbonyl (C=O) groups is 1. The van der Waals surface area contributed by atoms with Gasteiger partial charge in [0.05, 0.1) is 13.7 Å². The van der Waals surface area contributed by atoms with Gasteiger partial charge in [-0.1, -0.05) is 19.1 Å². The first kappa shape index (κ1) is 15.5. The third-order valence-electron chi connectivity index (χ3n) is 2.35. The lowest BCUT2D eigenvalue weighted by Gasteiger charge is -2.10. The van der Waals surface area contributed by atoms with Gasteiger partial charge in [0.25, 0.3) is 0 Å². The molecule has 0 atom stereocenters. The van der Waals surface area contributed by atoms with Crippen LogP contribution in [-0.2, 0) is 14.8 Å². The largest absolute Gasteiger partial charge is 0.495 e. The molecule has 106 valence electrons. The Kier molecular flexibility index (Phi) is 5.78. The van der Waals surface area contributed by atoms with Crippen LogP contribution in [0.4, 0.5) is 0 Å². The highest BCUT2D eigenvalue weighted by Crippen LogP contribution is 2.22. The van der Waals surface area contributed by atoms with Crippen LogP contribution in [0.15, 0.2) is 29.2 Å². The summed E-state index contributed by atoms with van der Waals surface area (Å²) in [5.41, 5.74) is 0. The molecule has 19 heavy (non-hydrogen) atoms. The number of para-hydroxylation sites is 1. The van der Waals surface area contributed by atoms with Crippen LogP contribution in [0.5, 0.6) is 5.75 Å². The highest BCUT2D eigenvalue weighted by Gasteiger charge is 2.19. The Morgan fingerprint density at radius 3 is 2.63 bits per heavy atom. The minimum absolute atomic E-state index is 0.0146. The first-order valence-electron chi connectivity index (χ1n) is 5.90. The molecule has 0 aliphatic carbocycles. The first-order valence-corrected chi connectivity index (χ1v) is 7.39. The van der Waals surface area contributed by atoms with E-state index < -0.39 is 10.0 Å². The molecule has 1 aromatic carbocycles. The number of amides is 1. The van der Waals surface area contributed by atoms with E-state index in [4.69, 9.17) is 4.74 Å². The second-order valence-electron chi connectivity index (χ2n) is 3.83. The molecule has 0 bridgehead atoms. The maximum Gasteiger partial charge on any atom is 0.244 e. The first-order chi connectivity index (χ1) is 9.01. The van der Waals surface area contributed by atoms with Crippen molar-refractivity contribution in [2.75, 3.05) is 20.2 Å². The number of ether oxygens (including phenoxy) is 1. The van der Waals surface area contributed by atoms with Gasteiger partial charge in [0.1, 0.15) is 10.6 Å². The van der Waals surface area contributed by atoms with Crippen LogP contribution in [0.1, 0.15) is 13.3 Å². The monoisotopic (exact) mass is 286 g/mol. The van der Waals surface area contributed by atoms with Gasteiger partial charge in [-0.05, 0) is 18.6 Å². The molecule has 0 aliphatic rings. The molecule has 7 heteroatoms. The van der Waals surface area contributed by atoms with Crippen molar-refractivity contribution >= 4 is 15.9 Å². The van der Waals surface area contributed by atoms with E-state index in [0.717, 1.165) is 6.42 Å². The van der Waals surface area contributed by atoms with E-state index in [1.165, 1.54) is 13.2 Å². The van der Waals surface area contributed by atoms with Gasteiger partial charge in [0, 0.05) is 6.54 Å². The van der Waals surface area contributed by atoms with Crippen molar-refractivity contribution in [1.82, 2.24) is 10.0 Å². The van der Waals surface area contributed by atoms with Gasteiger partial charge in [0.15, 0.2) is 0 Å². The van der Waals surface area contributed by atoms with E-state index in [2.05, 4.69) is 10.0 Å². The van der Waals surface area contributed by atoms with Crippen molar-refractivity contribution in [3.05, 3.63) is 24.3 Å². The Hall–Kier alpha value is -1.60. The van der Waals surface area contributed by atoms with E-state index >= 15 is 0 Å². The molecule has 0 saturated carbocycles. The molecule has 0 unspecified atom stereocenters. The number of hydrogen-bond acceptors (Lipinski definition) is 4. The molecule has 1 rings (SSSR count). The fraction of sp³-hybridized carbons (Fsp3) is 0.417. The lowest BCUT2D eigenvalue weighted by atomic mass is 10.3. The number of nitrogens with one attached hydrogen (secondary N) is 2. The molecule has 6 nitrogen and oxygen atoms in total. The lowest BCUT2D eigenvalue weighted by Crippen LogP contribution is -2.37. The van der Waals surface area contributed by atoms with Crippen LogP contribution in [0.3, 0.4) is 0 Å². The van der Waals surface area contributed by atoms with E-state index in [0.29, 0.717) is 6.54 Å². The molecule has 1 aromatic rings. The summed E-state index contributed by atoms with van der Waals surface area (Å²) in [6.07, 6.45) is 0.797. The number of rotatable bonds is 7. The van der Waals surface area contributed by atoms with Crippen molar-refractivity contribution in [2.45, 2.75) is 18.2 Å². The quantitative estimate of drug-likeness (QED) is 0.764. The minimum atomic E-state index is -3.76. The van der Waals surface area contributed by atoms with Gasteiger partial charge in [0.2, 0.25) is 15.9 Å². The van der Waals surface area contributed by atoms with Crippen LogP contribution >= 0.6 is 0 Å². The standard InChI is InChI=1S/C12H18N2O4S/c1-3-8-13-12(15)9-14-19(16,17)11-7-5-4-6-10(11)18-2/h4-7,14H,3,8-9H2,1-2H3,(H,13,15). The average molecular weight is 286 g/mol. The second kappa shape index (κ2) is 7.10. The van der Waals surface area contributed by atoms with Crippen molar-refractivity contribution in [3.8, 4) is 5.75 Å². The minimum Gasteiger partial charge on any atom is -0.495 e. The smallest absolute Gasteiger partial charge is 0.244 e. The van der Waals surface area contributed by atoms with Gasteiger partial charge in [-0.2, -0.15) is 0 Å². The zero-order chi connectivity index (χ0) is 14.3. The number of methoxy groups -OCH3 is 1. The normalized spacial score (nSPS) is 11.1. The predicted octanol–water partition coefficient (Wildman–Crippen LogP) is 0.500. The molecule has 0 aliphatic heterocycles. The molecule has 1 amide bonds. The number of benzene rings is 1. The maximum atomic E-state index is 12.0. The maximum absolute atomic E-state index is 12.0. The summed E-state index contributed by atoms with van der Waals surface area (Å²) in [7, 11) is -2.37. The molecular weight excluding hydrogens is 268 g/mol. The Bertz CT molecular complexity index is 528. The molecule has 0 aromatic heterocycles. The molecule has 0 fully saturated rings. The van der Waals surface area contributed by atoms with Crippen molar-refractivity contribution in [3.63, 3.8) is 0 Å². The Labute approximate surface area is 113 Å². The van der Waals surface area contributed by atoms with Gasteiger partial charge >= 0.3 is 0 Å². The average Bonchev–Trinajstić information content (AvgIpc) is 2.43. The fourth-order valence-electron chi connectivity index (χ4n) is 1.41. The Balaban J connectivity index is 2.73. The van der Waals surface area contributed by atoms with E-state index in [9.17, 15) is 13.2 Å². The van der Waals surface area contributed by atoms with E-state index in [1.54, 1.807) is 18.2 Å². The van der Waals surface area contributed by atoms with Crippen LogP contribution in [0.25, 0.3) is 0 Å². The molecule has 0 radical (unpaired) electrons. The molecular formula is C12H18N2O4S. The zero-order valence-electron chi connectivity index (χ0n) is 11.0. The summed E-state index contributed by atoms with van der Waals surface area (Å²) in [6.45, 7) is 2.15. The van der Waals surface area contributed by atoms with Gasteiger partial charge in [-0.25, -0.2) is 13.1 Å². The van der Waals surface area contributed by atoms with Crippen molar-refractivity contribution in [1.29, 1.82) is 0 Å². The Morgan fingerprint density at radius 2 is 2.00 bits per heavy atom. The van der Waals surface area contributed by atoms with E-state index in [-0.39, 0.29) is 23.1 Å². The van der Waals surface area contributed by atoms with E-state index in [1.807, 2.05) is 6.92 Å².